The minimum absolute atomic E-state index is 0.188. The molecule has 0 atom stereocenters. The highest BCUT2D eigenvalue weighted by Crippen LogP contribution is 2.39. The van der Waals surface area contributed by atoms with Crippen LogP contribution in [0.15, 0.2) is 121 Å². The third kappa shape index (κ3) is 11.0. The van der Waals surface area contributed by atoms with Crippen LogP contribution in [0.4, 0.5) is 61.5 Å². The first-order chi connectivity index (χ1) is 31.6. The van der Waals surface area contributed by atoms with Crippen molar-refractivity contribution in [2.75, 3.05) is 0 Å². The fourth-order valence-electron chi connectivity index (χ4n) is 7.48. The molecule has 0 aromatic heterocycles. The molecule has 346 valence electrons. The summed E-state index contributed by atoms with van der Waals surface area (Å²) in [6.07, 6.45) is -7.88. The quantitative estimate of drug-likeness (QED) is 0.134. The molecule has 0 saturated heterocycles. The molecule has 0 aliphatic carbocycles. The molecule has 0 aliphatic heterocycles. The second-order valence-electron chi connectivity index (χ2n) is 15.2. The molecule has 0 heterocycles. The maximum absolute atomic E-state index is 14.9. The second kappa shape index (κ2) is 19.0. The Morgan fingerprint density at radius 1 is 0.343 bits per heavy atom. The monoisotopic (exact) mass is 942 g/mol. The molecule has 8 rings (SSSR count). The van der Waals surface area contributed by atoms with E-state index in [2.05, 4.69) is 16.4 Å². The summed E-state index contributed by atoms with van der Waals surface area (Å²) in [5, 5.41) is 3.66. The van der Waals surface area contributed by atoms with Crippen molar-refractivity contribution in [3.8, 4) is 56.0 Å². The van der Waals surface area contributed by atoms with Crippen LogP contribution in [0.25, 0.3) is 66.1 Å². The van der Waals surface area contributed by atoms with Gasteiger partial charge in [0.05, 0.1) is 11.1 Å². The molecule has 0 aliphatic rings. The molecule has 0 radical (unpaired) electrons. The van der Waals surface area contributed by atoms with Crippen LogP contribution in [0.2, 0.25) is 0 Å². The molecule has 0 bridgehead atoms. The fraction of sp³-hybridized carbons (Fsp3) is 0.137. The highest BCUT2D eigenvalue weighted by Gasteiger charge is 2.35. The number of ether oxygens (including phenoxy) is 2. The van der Waals surface area contributed by atoms with Crippen LogP contribution in [0.1, 0.15) is 31.4 Å². The Labute approximate surface area is 372 Å². The van der Waals surface area contributed by atoms with Crippen molar-refractivity contribution in [3.63, 3.8) is 0 Å². The van der Waals surface area contributed by atoms with Crippen molar-refractivity contribution < 1.29 is 70.9 Å². The molecule has 0 unspecified atom stereocenters. The van der Waals surface area contributed by atoms with Gasteiger partial charge in [-0.05, 0) is 140 Å². The van der Waals surface area contributed by atoms with Crippen molar-refractivity contribution in [2.24, 2.45) is 0 Å². The van der Waals surface area contributed by atoms with E-state index in [1.807, 2.05) is 55.5 Å². The summed E-state index contributed by atoms with van der Waals surface area (Å²) in [7, 11) is 0. The van der Waals surface area contributed by atoms with E-state index in [4.69, 9.17) is 0 Å². The van der Waals surface area contributed by atoms with E-state index in [0.29, 0.717) is 35.4 Å². The normalized spacial score (nSPS) is 11.8. The van der Waals surface area contributed by atoms with E-state index in [1.165, 1.54) is 5.56 Å². The van der Waals surface area contributed by atoms with Gasteiger partial charge in [-0.3, -0.25) is 0 Å². The van der Waals surface area contributed by atoms with Crippen molar-refractivity contribution in [1.29, 1.82) is 0 Å². The highest BCUT2D eigenvalue weighted by atomic mass is 19.4. The van der Waals surface area contributed by atoms with Crippen molar-refractivity contribution >= 4 is 21.5 Å². The molecule has 0 saturated carbocycles. The van der Waals surface area contributed by atoms with Crippen LogP contribution in [0.5, 0.6) is 11.5 Å². The number of fused-ring (bicyclic) bond motifs is 2. The van der Waals surface area contributed by atoms with Crippen molar-refractivity contribution in [2.45, 2.75) is 45.8 Å². The maximum atomic E-state index is 14.9. The number of hydrogen-bond donors (Lipinski definition) is 0. The summed E-state index contributed by atoms with van der Waals surface area (Å²) in [6, 6.07) is 27.9. The first-order valence-electron chi connectivity index (χ1n) is 20.2. The van der Waals surface area contributed by atoms with Gasteiger partial charge in [0.2, 0.25) is 11.5 Å². The lowest BCUT2D eigenvalue weighted by Crippen LogP contribution is -2.19. The maximum Gasteiger partial charge on any atom is 0.573 e. The third-order valence-electron chi connectivity index (χ3n) is 10.5. The van der Waals surface area contributed by atoms with E-state index < -0.39 is 93.0 Å². The standard InChI is InChI=1S/C26H17F7O.C25H15F7O/c1-2-3-14-4-5-16-9-17(7-6-15(16)8-14)18-10-20(27)24(21(28)11-18)19-12-22(29)25(23(30)13-19)34-26(31,32)33;1-2-13-3-4-15-8-16(6-5-14(15)7-13)17-9-19(26)23(20(27)10-17)18-11-21(28)24(22(29)12-18)33-25(30,31)32/h4-13H,2-3H2,1H3;3-12H,2H2,1H3. The van der Waals surface area contributed by atoms with Gasteiger partial charge in [-0.25, -0.2) is 35.1 Å². The third-order valence-corrected chi connectivity index (χ3v) is 10.5. The molecule has 8 aromatic rings. The summed E-state index contributed by atoms with van der Waals surface area (Å²) in [5.41, 5.74) is 0.977. The Morgan fingerprint density at radius 2 is 0.657 bits per heavy atom. The van der Waals surface area contributed by atoms with E-state index in [-0.39, 0.29) is 11.1 Å². The molecule has 0 fully saturated rings. The van der Waals surface area contributed by atoms with Gasteiger partial charge in [0.15, 0.2) is 23.3 Å². The Bertz CT molecular complexity index is 3070. The van der Waals surface area contributed by atoms with Gasteiger partial charge < -0.3 is 9.47 Å². The topological polar surface area (TPSA) is 18.5 Å². The first-order valence-corrected chi connectivity index (χ1v) is 20.2. The molecule has 8 aromatic carbocycles. The average Bonchev–Trinajstić information content (AvgIpc) is 3.25. The Morgan fingerprint density at radius 3 is 1.00 bits per heavy atom. The molecule has 2 nitrogen and oxygen atoms in total. The lowest BCUT2D eigenvalue weighted by molar-refractivity contribution is -0.277. The zero-order valence-electron chi connectivity index (χ0n) is 34.8. The summed E-state index contributed by atoms with van der Waals surface area (Å²) >= 11 is 0. The highest BCUT2D eigenvalue weighted by molar-refractivity contribution is 5.89. The van der Waals surface area contributed by atoms with Crippen LogP contribution in [0.3, 0.4) is 0 Å². The number of aryl methyl sites for hydroxylation is 2. The zero-order chi connectivity index (χ0) is 48.5. The van der Waals surface area contributed by atoms with E-state index in [9.17, 15) is 61.5 Å². The number of alkyl halides is 6. The molecular weight excluding hydrogens is 911 g/mol. The van der Waals surface area contributed by atoms with Crippen LogP contribution < -0.4 is 9.47 Å². The second-order valence-corrected chi connectivity index (χ2v) is 15.2. The number of rotatable bonds is 9. The van der Waals surface area contributed by atoms with Gasteiger partial charge in [0, 0.05) is 0 Å². The Kier molecular flexibility index (Phi) is 13.6. The minimum atomic E-state index is -5.33. The summed E-state index contributed by atoms with van der Waals surface area (Å²) in [6.45, 7) is 4.10. The molecule has 0 spiro atoms. The van der Waals surface area contributed by atoms with E-state index in [0.717, 1.165) is 70.6 Å². The van der Waals surface area contributed by atoms with Gasteiger partial charge in [0.1, 0.15) is 23.3 Å². The van der Waals surface area contributed by atoms with Crippen LogP contribution in [-0.2, 0) is 12.8 Å². The van der Waals surface area contributed by atoms with E-state index in [1.54, 1.807) is 24.3 Å². The van der Waals surface area contributed by atoms with Gasteiger partial charge in [-0.1, -0.05) is 80.9 Å². The molecule has 67 heavy (non-hydrogen) atoms. The largest absolute Gasteiger partial charge is 0.573 e. The fourth-order valence-corrected chi connectivity index (χ4v) is 7.48. The molecule has 0 N–H and O–H groups in total. The molecule has 0 amide bonds. The van der Waals surface area contributed by atoms with Gasteiger partial charge >= 0.3 is 12.7 Å². The Hall–Kier alpha value is -7.10. The molecular formula is C51H32F14O2. The van der Waals surface area contributed by atoms with Crippen LogP contribution in [0, 0.1) is 46.5 Å². The number of halogens is 14. The van der Waals surface area contributed by atoms with Gasteiger partial charge in [-0.15, -0.1) is 26.3 Å². The predicted octanol–water partition coefficient (Wildman–Crippen LogP) is 16.8. The molecule has 16 heteroatoms. The SMILES string of the molecule is CCCc1ccc2cc(-c3cc(F)c(-c4cc(F)c(OC(F)(F)F)c(F)c4)c(F)c3)ccc2c1.CCc1ccc2cc(-c3cc(F)c(-c4cc(F)c(OC(F)(F)F)c(F)c4)c(F)c3)ccc2c1. The van der Waals surface area contributed by atoms with Gasteiger partial charge in [0.25, 0.3) is 0 Å². The smallest absolute Gasteiger partial charge is 0.399 e. The number of hydrogen-bond acceptors (Lipinski definition) is 2. The lowest BCUT2D eigenvalue weighted by atomic mass is 9.96. The lowest BCUT2D eigenvalue weighted by Gasteiger charge is -2.13. The Balaban J connectivity index is 0.000000199. The van der Waals surface area contributed by atoms with Crippen molar-refractivity contribution in [3.05, 3.63) is 179 Å². The predicted molar refractivity (Wildman–Crippen MR) is 226 cm³/mol. The zero-order valence-corrected chi connectivity index (χ0v) is 34.8. The summed E-state index contributed by atoms with van der Waals surface area (Å²) in [5.74, 6) is -14.9. The van der Waals surface area contributed by atoms with E-state index >= 15 is 0 Å². The van der Waals surface area contributed by atoms with Crippen LogP contribution in [-0.4, -0.2) is 12.7 Å². The van der Waals surface area contributed by atoms with Gasteiger partial charge in [-0.2, -0.15) is 0 Å². The minimum Gasteiger partial charge on any atom is -0.399 e. The number of benzene rings is 8. The van der Waals surface area contributed by atoms with Crippen LogP contribution >= 0.6 is 0 Å². The van der Waals surface area contributed by atoms with Crippen molar-refractivity contribution in [1.82, 2.24) is 0 Å². The average molecular weight is 943 g/mol. The first kappa shape index (κ1) is 47.9. The summed E-state index contributed by atoms with van der Waals surface area (Å²) in [4.78, 5) is 0. The summed E-state index contributed by atoms with van der Waals surface area (Å²) < 4.78 is 196.